The van der Waals surface area contributed by atoms with Crippen molar-refractivity contribution in [1.29, 1.82) is 5.26 Å². The van der Waals surface area contributed by atoms with Crippen LogP contribution in [0.4, 0.5) is 0 Å². The summed E-state index contributed by atoms with van der Waals surface area (Å²) in [5.74, 6) is 1.58. The lowest BCUT2D eigenvalue weighted by Gasteiger charge is -2.10. The van der Waals surface area contributed by atoms with Crippen molar-refractivity contribution in [1.82, 2.24) is 0 Å². The summed E-state index contributed by atoms with van der Waals surface area (Å²) >= 11 is 5.09. The number of hydrogen-bond donors (Lipinski definition) is 0. The molecule has 2 aromatic rings. The van der Waals surface area contributed by atoms with E-state index in [-0.39, 0.29) is 0 Å². The molecule has 0 aliphatic heterocycles. The quantitative estimate of drug-likeness (QED) is 0.712. The van der Waals surface area contributed by atoms with Crippen LogP contribution in [0.3, 0.4) is 0 Å². The second-order valence-corrected chi connectivity index (χ2v) is 6.31. The highest BCUT2D eigenvalue weighted by atomic mass is 79.9. The summed E-state index contributed by atoms with van der Waals surface area (Å²) < 4.78 is 6.82. The summed E-state index contributed by atoms with van der Waals surface area (Å²) in [5.41, 5.74) is 1.69. The first kappa shape index (κ1) is 15.0. The van der Waals surface area contributed by atoms with Crippen LogP contribution in [0.2, 0.25) is 0 Å². The van der Waals surface area contributed by atoms with Gasteiger partial charge in [0.05, 0.1) is 0 Å². The smallest absolute Gasteiger partial charge is 0.138 e. The van der Waals surface area contributed by atoms with E-state index in [1.54, 1.807) is 11.8 Å². The maximum Gasteiger partial charge on any atom is 0.138 e. The first-order chi connectivity index (χ1) is 9.74. The Morgan fingerprint density at radius 3 is 2.75 bits per heavy atom. The van der Waals surface area contributed by atoms with Crippen LogP contribution in [0.5, 0.6) is 5.75 Å². The van der Waals surface area contributed by atoms with Gasteiger partial charge in [-0.15, -0.1) is 11.8 Å². The van der Waals surface area contributed by atoms with Crippen LogP contribution in [0.15, 0.2) is 51.8 Å². The molecule has 0 atom stereocenters. The fourth-order valence-electron chi connectivity index (χ4n) is 1.81. The van der Waals surface area contributed by atoms with Crippen molar-refractivity contribution < 1.29 is 4.74 Å². The molecule has 2 aromatic carbocycles. The Bertz CT molecular complexity index is 637. The molecule has 0 aliphatic carbocycles. The first-order valence-electron chi connectivity index (χ1n) is 6.27. The molecule has 2 nitrogen and oxygen atoms in total. The van der Waals surface area contributed by atoms with E-state index in [1.165, 1.54) is 0 Å². The molecular formula is C16H14BrNOS. The van der Waals surface area contributed by atoms with E-state index >= 15 is 0 Å². The van der Waals surface area contributed by atoms with Crippen molar-refractivity contribution in [3.63, 3.8) is 0 Å². The highest BCUT2D eigenvalue weighted by Crippen LogP contribution is 2.29. The summed E-state index contributed by atoms with van der Waals surface area (Å²) in [4.78, 5) is 0.974. The van der Waals surface area contributed by atoms with E-state index in [0.29, 0.717) is 17.9 Å². The van der Waals surface area contributed by atoms with E-state index in [4.69, 9.17) is 4.74 Å². The fourth-order valence-corrected chi connectivity index (χ4v) is 3.03. The second-order valence-electron chi connectivity index (χ2n) is 4.09. The van der Waals surface area contributed by atoms with Crippen molar-refractivity contribution in [2.45, 2.75) is 18.4 Å². The third-order valence-corrected chi connectivity index (χ3v) is 4.12. The highest BCUT2D eigenvalue weighted by molar-refractivity contribution is 9.10. The molecule has 0 fully saturated rings. The van der Waals surface area contributed by atoms with Gasteiger partial charge in [-0.1, -0.05) is 41.1 Å². The molecule has 102 valence electrons. The molecule has 0 saturated carbocycles. The van der Waals surface area contributed by atoms with Gasteiger partial charge in [-0.3, -0.25) is 0 Å². The molecule has 0 radical (unpaired) electrons. The molecule has 0 spiro atoms. The van der Waals surface area contributed by atoms with Gasteiger partial charge in [0.15, 0.2) is 0 Å². The molecule has 0 N–H and O–H groups in total. The number of nitriles is 1. The lowest BCUT2D eigenvalue weighted by atomic mass is 10.2. The molecule has 2 rings (SSSR count). The largest absolute Gasteiger partial charge is 0.487 e. The zero-order valence-electron chi connectivity index (χ0n) is 11.1. The van der Waals surface area contributed by atoms with Gasteiger partial charge >= 0.3 is 0 Å². The van der Waals surface area contributed by atoms with E-state index in [9.17, 15) is 5.26 Å². The van der Waals surface area contributed by atoms with Crippen LogP contribution >= 0.6 is 27.7 Å². The minimum Gasteiger partial charge on any atom is -0.487 e. The van der Waals surface area contributed by atoms with E-state index in [2.05, 4.69) is 28.9 Å². The van der Waals surface area contributed by atoms with Gasteiger partial charge < -0.3 is 4.74 Å². The van der Waals surface area contributed by atoms with Crippen molar-refractivity contribution in [2.24, 2.45) is 0 Å². The van der Waals surface area contributed by atoms with Gasteiger partial charge in [0.25, 0.3) is 0 Å². The Hall–Kier alpha value is -1.44. The van der Waals surface area contributed by atoms with Crippen molar-refractivity contribution >= 4 is 27.7 Å². The van der Waals surface area contributed by atoms with E-state index in [0.717, 1.165) is 20.7 Å². The minimum absolute atomic E-state index is 0.453. The van der Waals surface area contributed by atoms with Crippen molar-refractivity contribution in [3.05, 3.63) is 58.1 Å². The fraction of sp³-hybridized carbons (Fsp3) is 0.188. The van der Waals surface area contributed by atoms with Crippen LogP contribution in [-0.4, -0.2) is 5.75 Å². The summed E-state index contributed by atoms with van der Waals surface area (Å²) in [6.45, 7) is 2.52. The normalized spacial score (nSPS) is 10.1. The topological polar surface area (TPSA) is 33.0 Å². The second kappa shape index (κ2) is 7.37. The van der Waals surface area contributed by atoms with Crippen LogP contribution in [0.1, 0.15) is 18.1 Å². The molecular weight excluding hydrogens is 334 g/mol. The molecule has 20 heavy (non-hydrogen) atoms. The van der Waals surface area contributed by atoms with Crippen molar-refractivity contribution in [3.8, 4) is 11.8 Å². The lowest BCUT2D eigenvalue weighted by Crippen LogP contribution is -1.98. The van der Waals surface area contributed by atoms with Gasteiger partial charge in [0.1, 0.15) is 24.0 Å². The molecule has 0 unspecified atom stereocenters. The Kier molecular flexibility index (Phi) is 5.51. The van der Waals surface area contributed by atoms with Crippen molar-refractivity contribution in [2.75, 3.05) is 5.75 Å². The molecule has 0 aliphatic rings. The highest BCUT2D eigenvalue weighted by Gasteiger charge is 2.09. The van der Waals surface area contributed by atoms with Crippen LogP contribution in [0, 0.1) is 11.3 Å². The van der Waals surface area contributed by atoms with Gasteiger partial charge in [-0.2, -0.15) is 5.26 Å². The monoisotopic (exact) mass is 347 g/mol. The van der Waals surface area contributed by atoms with Gasteiger partial charge in [-0.25, -0.2) is 0 Å². The zero-order chi connectivity index (χ0) is 14.4. The Morgan fingerprint density at radius 1 is 1.25 bits per heavy atom. The summed E-state index contributed by atoms with van der Waals surface area (Å²) in [7, 11) is 0. The Morgan fingerprint density at radius 2 is 2.05 bits per heavy atom. The summed E-state index contributed by atoms with van der Waals surface area (Å²) in [5, 5.41) is 9.32. The summed E-state index contributed by atoms with van der Waals surface area (Å²) in [6, 6.07) is 15.9. The van der Waals surface area contributed by atoms with Crippen LogP contribution < -0.4 is 4.74 Å². The summed E-state index contributed by atoms with van der Waals surface area (Å²) in [6.07, 6.45) is 0. The number of nitrogens with zero attached hydrogens (tertiary/aromatic N) is 1. The number of rotatable bonds is 5. The molecule has 0 heterocycles. The number of benzene rings is 2. The molecule has 0 bridgehead atoms. The third-order valence-electron chi connectivity index (χ3n) is 2.68. The number of thioether (sulfide) groups is 1. The SMILES string of the molecule is CCSc1cccc(OCc2cccc(Br)c2)c1C#N. The number of halogens is 1. The lowest BCUT2D eigenvalue weighted by molar-refractivity contribution is 0.304. The molecule has 0 amide bonds. The van der Waals surface area contributed by atoms with Gasteiger partial charge in [0, 0.05) is 9.37 Å². The maximum atomic E-state index is 9.32. The predicted octanol–water partition coefficient (Wildman–Crippen LogP) is 5.01. The average Bonchev–Trinajstić information content (AvgIpc) is 2.45. The maximum absolute atomic E-state index is 9.32. The predicted molar refractivity (Wildman–Crippen MR) is 86.0 cm³/mol. The third kappa shape index (κ3) is 3.78. The Labute approximate surface area is 131 Å². The van der Waals surface area contributed by atoms with Gasteiger partial charge in [0.2, 0.25) is 0 Å². The van der Waals surface area contributed by atoms with Crippen LogP contribution in [0.25, 0.3) is 0 Å². The van der Waals surface area contributed by atoms with Crippen LogP contribution in [-0.2, 0) is 6.61 Å². The molecule has 0 aromatic heterocycles. The first-order valence-corrected chi connectivity index (χ1v) is 8.05. The average molecular weight is 348 g/mol. The molecule has 4 heteroatoms. The number of hydrogen-bond acceptors (Lipinski definition) is 3. The minimum atomic E-state index is 0.453. The standard InChI is InChI=1S/C16H14BrNOS/c1-2-20-16-8-4-7-15(14(16)10-18)19-11-12-5-3-6-13(17)9-12/h3-9H,2,11H2,1H3. The zero-order valence-corrected chi connectivity index (χ0v) is 13.5. The van der Waals surface area contributed by atoms with E-state index < -0.39 is 0 Å². The molecule has 0 saturated heterocycles. The number of ether oxygens (including phenoxy) is 1. The van der Waals surface area contributed by atoms with Gasteiger partial charge in [-0.05, 0) is 35.6 Å². The van der Waals surface area contributed by atoms with E-state index in [1.807, 2.05) is 42.5 Å². The Balaban J connectivity index is 2.17.